The number of hydrogen-bond acceptors (Lipinski definition) is 5. The highest BCUT2D eigenvalue weighted by molar-refractivity contribution is 5.76. The third-order valence-corrected chi connectivity index (χ3v) is 3.47. The van der Waals surface area contributed by atoms with E-state index in [2.05, 4.69) is 31.3 Å². The van der Waals surface area contributed by atoms with Crippen molar-refractivity contribution in [3.8, 4) is 5.75 Å². The highest BCUT2D eigenvalue weighted by Crippen LogP contribution is 2.17. The van der Waals surface area contributed by atoms with E-state index < -0.39 is 0 Å². The van der Waals surface area contributed by atoms with Crippen LogP contribution >= 0.6 is 0 Å². The smallest absolute Gasteiger partial charge is 0.155 e. The van der Waals surface area contributed by atoms with Crippen LogP contribution in [0.4, 0.5) is 0 Å². The van der Waals surface area contributed by atoms with Crippen LogP contribution in [0, 0.1) is 0 Å². The van der Waals surface area contributed by atoms with Gasteiger partial charge in [-0.15, -0.1) is 0 Å². The maximum Gasteiger partial charge on any atom is 0.155 e. The number of ketones is 1. The summed E-state index contributed by atoms with van der Waals surface area (Å²) in [5, 5.41) is 3.39. The number of carbonyl (C=O) groups is 1. The Morgan fingerprint density at radius 2 is 1.67 bits per heavy atom. The first-order valence-electron chi connectivity index (χ1n) is 8.74. The minimum atomic E-state index is 0.0529. The van der Waals surface area contributed by atoms with Gasteiger partial charge in [0, 0.05) is 32.3 Å². The summed E-state index contributed by atoms with van der Waals surface area (Å²) in [4.78, 5) is 10.7. The van der Waals surface area contributed by atoms with Gasteiger partial charge in [-0.1, -0.05) is 19.1 Å². The van der Waals surface area contributed by atoms with Gasteiger partial charge < -0.3 is 19.5 Å². The van der Waals surface area contributed by atoms with Crippen LogP contribution in [-0.2, 0) is 14.3 Å². The normalized spacial score (nSPS) is 12.1. The number of Topliss-reactive ketones (excluding diaryl/α,β-unsaturated/α-hetero) is 1. The molecule has 0 aliphatic rings. The molecule has 0 saturated carbocycles. The Morgan fingerprint density at radius 1 is 1.04 bits per heavy atom. The number of nitrogens with one attached hydrogen (secondary N) is 1. The highest BCUT2D eigenvalue weighted by Gasteiger charge is 2.03. The van der Waals surface area contributed by atoms with E-state index in [9.17, 15) is 4.79 Å². The van der Waals surface area contributed by atoms with E-state index in [0.29, 0.717) is 32.5 Å². The molecule has 0 bridgehead atoms. The van der Waals surface area contributed by atoms with E-state index in [0.717, 1.165) is 25.1 Å². The molecular weight excluding hydrogens is 306 g/mol. The first-order chi connectivity index (χ1) is 11.6. The van der Waals surface area contributed by atoms with Gasteiger partial charge in [-0.25, -0.2) is 0 Å². The Kier molecular flexibility index (Phi) is 11.1. The van der Waals surface area contributed by atoms with Crippen molar-refractivity contribution in [3.63, 3.8) is 0 Å². The lowest BCUT2D eigenvalue weighted by atomic mass is 10.1. The van der Waals surface area contributed by atoms with Crippen molar-refractivity contribution in [1.82, 2.24) is 5.32 Å². The van der Waals surface area contributed by atoms with Gasteiger partial charge in [-0.05, 0) is 44.5 Å². The summed E-state index contributed by atoms with van der Waals surface area (Å²) in [5.41, 5.74) is 1.26. The van der Waals surface area contributed by atoms with Gasteiger partial charge in [0.25, 0.3) is 0 Å². The monoisotopic (exact) mass is 337 g/mol. The third-order valence-electron chi connectivity index (χ3n) is 3.47. The minimum absolute atomic E-state index is 0.0529. The van der Waals surface area contributed by atoms with Crippen molar-refractivity contribution in [3.05, 3.63) is 29.8 Å². The zero-order valence-corrected chi connectivity index (χ0v) is 15.2. The zero-order valence-electron chi connectivity index (χ0n) is 15.2. The maximum atomic E-state index is 10.7. The quantitative estimate of drug-likeness (QED) is 0.529. The first kappa shape index (κ1) is 20.6. The predicted molar refractivity (Wildman–Crippen MR) is 95.6 cm³/mol. The predicted octanol–water partition coefficient (Wildman–Crippen LogP) is 3.14. The number of hydrogen-bond donors (Lipinski definition) is 1. The standard InChI is InChI=1S/C19H31NO4/c1-4-20-17(3)18-7-9-19(10-8-18)24-14-6-12-22-11-5-13-23-15-16(2)21/h7-10,17,20H,4-6,11-15H2,1-3H3/t17-/m1/s1. The second-order valence-corrected chi connectivity index (χ2v) is 5.77. The zero-order chi connectivity index (χ0) is 17.6. The van der Waals surface area contributed by atoms with E-state index in [1.807, 2.05) is 12.1 Å². The molecule has 0 spiro atoms. The van der Waals surface area contributed by atoms with Crippen molar-refractivity contribution < 1.29 is 19.0 Å². The van der Waals surface area contributed by atoms with Gasteiger partial charge in [0.05, 0.1) is 6.61 Å². The van der Waals surface area contributed by atoms with Crippen LogP contribution in [0.15, 0.2) is 24.3 Å². The average molecular weight is 337 g/mol. The molecule has 0 aromatic heterocycles. The van der Waals surface area contributed by atoms with E-state index >= 15 is 0 Å². The summed E-state index contributed by atoms with van der Waals surface area (Å²) in [6, 6.07) is 8.57. The Bertz CT molecular complexity index is 447. The van der Waals surface area contributed by atoms with Crippen LogP contribution in [0.3, 0.4) is 0 Å². The molecule has 24 heavy (non-hydrogen) atoms. The van der Waals surface area contributed by atoms with Crippen molar-refractivity contribution in [2.24, 2.45) is 0 Å². The lowest BCUT2D eigenvalue weighted by Crippen LogP contribution is -2.17. The Labute approximate surface area is 145 Å². The van der Waals surface area contributed by atoms with Gasteiger partial charge in [0.2, 0.25) is 0 Å². The Balaban J connectivity index is 2.02. The average Bonchev–Trinajstić information content (AvgIpc) is 2.57. The summed E-state index contributed by atoms with van der Waals surface area (Å²) in [5.74, 6) is 0.942. The van der Waals surface area contributed by atoms with Crippen LogP contribution in [0.2, 0.25) is 0 Å². The van der Waals surface area contributed by atoms with E-state index in [-0.39, 0.29) is 12.4 Å². The summed E-state index contributed by atoms with van der Waals surface area (Å²) in [6.07, 6.45) is 1.66. The van der Waals surface area contributed by atoms with Gasteiger partial charge in [0.15, 0.2) is 5.78 Å². The fourth-order valence-electron chi connectivity index (χ4n) is 2.21. The molecule has 1 atom stereocenters. The number of carbonyl (C=O) groups excluding carboxylic acids is 1. The summed E-state index contributed by atoms with van der Waals surface area (Å²) < 4.78 is 16.4. The summed E-state index contributed by atoms with van der Waals surface area (Å²) in [7, 11) is 0. The fourth-order valence-corrected chi connectivity index (χ4v) is 2.21. The molecule has 0 amide bonds. The van der Waals surface area contributed by atoms with Gasteiger partial charge in [-0.2, -0.15) is 0 Å². The van der Waals surface area contributed by atoms with Crippen molar-refractivity contribution in [2.45, 2.75) is 39.7 Å². The number of benzene rings is 1. The number of ether oxygens (including phenoxy) is 3. The van der Waals surface area contributed by atoms with Gasteiger partial charge >= 0.3 is 0 Å². The molecule has 1 aromatic rings. The van der Waals surface area contributed by atoms with Crippen molar-refractivity contribution in [1.29, 1.82) is 0 Å². The molecule has 5 nitrogen and oxygen atoms in total. The molecule has 136 valence electrons. The molecule has 0 aliphatic heterocycles. The molecule has 0 aliphatic carbocycles. The van der Waals surface area contributed by atoms with Crippen LogP contribution in [-0.4, -0.2) is 45.4 Å². The number of rotatable bonds is 14. The van der Waals surface area contributed by atoms with Crippen molar-refractivity contribution in [2.75, 3.05) is 39.6 Å². The minimum Gasteiger partial charge on any atom is -0.494 e. The molecule has 0 fully saturated rings. The van der Waals surface area contributed by atoms with Crippen LogP contribution in [0.1, 0.15) is 45.2 Å². The molecule has 0 heterocycles. The molecule has 1 N–H and O–H groups in total. The Hall–Kier alpha value is -1.43. The van der Waals surface area contributed by atoms with E-state index in [4.69, 9.17) is 14.2 Å². The topological polar surface area (TPSA) is 56.8 Å². The lowest BCUT2D eigenvalue weighted by molar-refractivity contribution is -0.121. The molecule has 0 unspecified atom stereocenters. The molecule has 5 heteroatoms. The SMILES string of the molecule is CCN[C@H](C)c1ccc(OCCCOCCCOCC(C)=O)cc1. The largest absolute Gasteiger partial charge is 0.494 e. The van der Waals surface area contributed by atoms with Gasteiger partial charge in [-0.3, -0.25) is 4.79 Å². The second-order valence-electron chi connectivity index (χ2n) is 5.77. The van der Waals surface area contributed by atoms with Crippen LogP contribution in [0.5, 0.6) is 5.75 Å². The van der Waals surface area contributed by atoms with Crippen LogP contribution in [0.25, 0.3) is 0 Å². The summed E-state index contributed by atoms with van der Waals surface area (Å²) in [6.45, 7) is 9.46. The molecule has 0 saturated heterocycles. The molecule has 1 rings (SSSR count). The van der Waals surface area contributed by atoms with Gasteiger partial charge in [0.1, 0.15) is 12.4 Å². The first-order valence-corrected chi connectivity index (χ1v) is 8.74. The lowest BCUT2D eigenvalue weighted by Gasteiger charge is -2.13. The fraction of sp³-hybridized carbons (Fsp3) is 0.632. The molecule has 0 radical (unpaired) electrons. The Morgan fingerprint density at radius 3 is 2.29 bits per heavy atom. The van der Waals surface area contributed by atoms with Crippen molar-refractivity contribution >= 4 is 5.78 Å². The maximum absolute atomic E-state index is 10.7. The van der Waals surface area contributed by atoms with E-state index in [1.54, 1.807) is 0 Å². The summed E-state index contributed by atoms with van der Waals surface area (Å²) >= 11 is 0. The third kappa shape index (κ3) is 9.65. The van der Waals surface area contributed by atoms with E-state index in [1.165, 1.54) is 12.5 Å². The van der Waals surface area contributed by atoms with Crippen LogP contribution < -0.4 is 10.1 Å². The molecule has 1 aromatic carbocycles. The highest BCUT2D eigenvalue weighted by atomic mass is 16.5. The molecular formula is C19H31NO4. The second kappa shape index (κ2) is 12.9.